The summed E-state index contributed by atoms with van der Waals surface area (Å²) in [6.45, 7) is 0. The molecule has 1 aliphatic rings. The molecule has 0 aromatic heterocycles. The van der Waals surface area contributed by atoms with Crippen LogP contribution in [0.15, 0.2) is 0 Å². The van der Waals surface area contributed by atoms with Crippen LogP contribution in [0.4, 0.5) is 0 Å². The Morgan fingerprint density at radius 1 is 1.14 bits per heavy atom. The van der Waals surface area contributed by atoms with Crippen molar-refractivity contribution in [2.45, 2.75) is 44.6 Å². The lowest BCUT2D eigenvalue weighted by atomic mass is 9.95. The summed E-state index contributed by atoms with van der Waals surface area (Å²) in [5.41, 5.74) is 0. The second kappa shape index (κ2) is 5.62. The van der Waals surface area contributed by atoms with Crippen molar-refractivity contribution in [1.29, 1.82) is 0 Å². The van der Waals surface area contributed by atoms with Gasteiger partial charge in [0.25, 0.3) is 0 Å². The van der Waals surface area contributed by atoms with Gasteiger partial charge < -0.3 is 10.6 Å². The van der Waals surface area contributed by atoms with Gasteiger partial charge >= 0.3 is 0 Å². The van der Waals surface area contributed by atoms with E-state index in [4.69, 9.17) is 0 Å². The molecule has 0 heterocycles. The predicted molar refractivity (Wildman–Crippen MR) is 53.7 cm³/mol. The monoisotopic (exact) mass is 198 g/mol. The predicted octanol–water partition coefficient (Wildman–Crippen LogP) is 0.571. The topological polar surface area (TPSA) is 58.2 Å². The first kappa shape index (κ1) is 11.0. The zero-order valence-electron chi connectivity index (χ0n) is 8.64. The van der Waals surface area contributed by atoms with Crippen LogP contribution in [-0.4, -0.2) is 24.9 Å². The van der Waals surface area contributed by atoms with Crippen LogP contribution in [0.5, 0.6) is 0 Å². The van der Waals surface area contributed by atoms with Gasteiger partial charge in [-0.1, -0.05) is 19.3 Å². The number of nitrogens with one attached hydrogen (secondary N) is 2. The molecule has 1 saturated carbocycles. The lowest BCUT2D eigenvalue weighted by Gasteiger charge is -2.22. The molecule has 2 amide bonds. The minimum absolute atomic E-state index is 0.0486. The zero-order chi connectivity index (χ0) is 10.4. The van der Waals surface area contributed by atoms with Crippen LogP contribution in [0.25, 0.3) is 0 Å². The minimum Gasteiger partial charge on any atom is -0.359 e. The van der Waals surface area contributed by atoms with Crippen molar-refractivity contribution < 1.29 is 9.59 Å². The third-order valence-corrected chi connectivity index (χ3v) is 2.57. The Labute approximate surface area is 84.4 Å². The molecule has 0 unspecified atom stereocenters. The van der Waals surface area contributed by atoms with Crippen molar-refractivity contribution in [3.8, 4) is 0 Å². The zero-order valence-corrected chi connectivity index (χ0v) is 8.64. The number of carbonyl (C=O) groups is 2. The van der Waals surface area contributed by atoms with Gasteiger partial charge in [0.05, 0.1) is 0 Å². The number of rotatable bonds is 3. The van der Waals surface area contributed by atoms with E-state index in [-0.39, 0.29) is 18.2 Å². The summed E-state index contributed by atoms with van der Waals surface area (Å²) in [5.74, 6) is -0.380. The van der Waals surface area contributed by atoms with Crippen molar-refractivity contribution >= 4 is 11.8 Å². The summed E-state index contributed by atoms with van der Waals surface area (Å²) in [6.07, 6.45) is 5.70. The van der Waals surface area contributed by atoms with Crippen LogP contribution in [0.1, 0.15) is 38.5 Å². The van der Waals surface area contributed by atoms with Crippen LogP contribution in [-0.2, 0) is 9.59 Å². The second-order valence-electron chi connectivity index (χ2n) is 3.75. The van der Waals surface area contributed by atoms with Crippen molar-refractivity contribution in [2.24, 2.45) is 0 Å². The smallest absolute Gasteiger partial charge is 0.229 e. The average molecular weight is 198 g/mol. The van der Waals surface area contributed by atoms with E-state index in [1.807, 2.05) is 0 Å². The van der Waals surface area contributed by atoms with E-state index < -0.39 is 0 Å². The Hall–Kier alpha value is -1.06. The molecule has 0 aromatic carbocycles. The Bertz CT molecular complexity index is 210. The van der Waals surface area contributed by atoms with Crippen molar-refractivity contribution in [1.82, 2.24) is 10.6 Å². The van der Waals surface area contributed by atoms with Gasteiger partial charge in [-0.25, -0.2) is 0 Å². The molecule has 1 fully saturated rings. The molecule has 0 bridgehead atoms. The molecule has 0 atom stereocenters. The molecule has 2 N–H and O–H groups in total. The lowest BCUT2D eigenvalue weighted by molar-refractivity contribution is -0.129. The van der Waals surface area contributed by atoms with E-state index >= 15 is 0 Å². The highest BCUT2D eigenvalue weighted by atomic mass is 16.2. The van der Waals surface area contributed by atoms with Crippen LogP contribution < -0.4 is 10.6 Å². The third-order valence-electron chi connectivity index (χ3n) is 2.57. The molecular formula is C10H18N2O2. The van der Waals surface area contributed by atoms with Gasteiger partial charge in [-0.05, 0) is 12.8 Å². The standard InChI is InChI=1S/C10H18N2O2/c1-11-9(13)7-10(14)12-8-5-3-2-4-6-8/h8H,2-7H2,1H3,(H,11,13)(H,12,14). The Balaban J connectivity index is 2.21. The van der Waals surface area contributed by atoms with E-state index in [2.05, 4.69) is 10.6 Å². The van der Waals surface area contributed by atoms with E-state index in [0.717, 1.165) is 12.8 Å². The summed E-state index contributed by atoms with van der Waals surface area (Å²) in [6, 6.07) is 0.293. The van der Waals surface area contributed by atoms with Gasteiger partial charge in [-0.3, -0.25) is 9.59 Å². The molecule has 0 spiro atoms. The van der Waals surface area contributed by atoms with Crippen LogP contribution in [0, 0.1) is 0 Å². The van der Waals surface area contributed by atoms with Gasteiger partial charge in [0.2, 0.25) is 11.8 Å². The highest BCUT2D eigenvalue weighted by Crippen LogP contribution is 2.17. The first-order valence-corrected chi connectivity index (χ1v) is 5.22. The largest absolute Gasteiger partial charge is 0.359 e. The summed E-state index contributed by atoms with van der Waals surface area (Å²) in [5, 5.41) is 5.32. The molecule has 0 radical (unpaired) electrons. The quantitative estimate of drug-likeness (QED) is 0.651. The molecule has 80 valence electrons. The highest BCUT2D eigenvalue weighted by molar-refractivity contribution is 5.96. The van der Waals surface area contributed by atoms with E-state index in [0.29, 0.717) is 6.04 Å². The fraction of sp³-hybridized carbons (Fsp3) is 0.800. The van der Waals surface area contributed by atoms with E-state index in [1.165, 1.54) is 26.3 Å². The van der Waals surface area contributed by atoms with Gasteiger partial charge in [0, 0.05) is 13.1 Å². The maximum absolute atomic E-state index is 11.3. The molecule has 0 aliphatic heterocycles. The lowest BCUT2D eigenvalue weighted by Crippen LogP contribution is -2.38. The Morgan fingerprint density at radius 3 is 2.36 bits per heavy atom. The fourth-order valence-corrected chi connectivity index (χ4v) is 1.76. The summed E-state index contributed by atoms with van der Waals surface area (Å²) in [4.78, 5) is 22.2. The summed E-state index contributed by atoms with van der Waals surface area (Å²) >= 11 is 0. The molecule has 4 nitrogen and oxygen atoms in total. The third kappa shape index (κ3) is 3.77. The molecule has 1 rings (SSSR count). The first-order valence-electron chi connectivity index (χ1n) is 5.22. The van der Waals surface area contributed by atoms with Crippen molar-refractivity contribution in [3.63, 3.8) is 0 Å². The average Bonchev–Trinajstić information content (AvgIpc) is 2.19. The van der Waals surface area contributed by atoms with Crippen molar-refractivity contribution in [3.05, 3.63) is 0 Å². The fourth-order valence-electron chi connectivity index (χ4n) is 1.76. The summed E-state index contributed by atoms with van der Waals surface area (Å²) in [7, 11) is 1.54. The SMILES string of the molecule is CNC(=O)CC(=O)NC1CCCCC1. The van der Waals surface area contributed by atoms with E-state index in [1.54, 1.807) is 0 Å². The summed E-state index contributed by atoms with van der Waals surface area (Å²) < 4.78 is 0. The van der Waals surface area contributed by atoms with E-state index in [9.17, 15) is 9.59 Å². The number of hydrogen-bond acceptors (Lipinski definition) is 2. The molecule has 0 aromatic rings. The Kier molecular flexibility index (Phi) is 4.43. The number of carbonyl (C=O) groups excluding carboxylic acids is 2. The van der Waals surface area contributed by atoms with Gasteiger partial charge in [-0.15, -0.1) is 0 Å². The molecule has 14 heavy (non-hydrogen) atoms. The minimum atomic E-state index is -0.224. The molecular weight excluding hydrogens is 180 g/mol. The highest BCUT2D eigenvalue weighted by Gasteiger charge is 2.16. The maximum atomic E-state index is 11.3. The first-order chi connectivity index (χ1) is 6.72. The number of amides is 2. The van der Waals surface area contributed by atoms with Crippen LogP contribution in [0.3, 0.4) is 0 Å². The molecule has 4 heteroatoms. The van der Waals surface area contributed by atoms with Crippen LogP contribution >= 0.6 is 0 Å². The maximum Gasteiger partial charge on any atom is 0.229 e. The number of hydrogen-bond donors (Lipinski definition) is 2. The second-order valence-corrected chi connectivity index (χ2v) is 3.75. The van der Waals surface area contributed by atoms with Gasteiger partial charge in [0.1, 0.15) is 6.42 Å². The van der Waals surface area contributed by atoms with Gasteiger partial charge in [0.15, 0.2) is 0 Å². The molecule has 1 aliphatic carbocycles. The Morgan fingerprint density at radius 2 is 1.79 bits per heavy atom. The molecule has 0 saturated heterocycles. The normalized spacial score (nSPS) is 17.5. The van der Waals surface area contributed by atoms with Crippen molar-refractivity contribution in [2.75, 3.05) is 7.05 Å². The van der Waals surface area contributed by atoms with Crippen LogP contribution in [0.2, 0.25) is 0 Å². The van der Waals surface area contributed by atoms with Gasteiger partial charge in [-0.2, -0.15) is 0 Å².